The Balaban J connectivity index is 1.79. The molecule has 3 nitrogen and oxygen atoms in total. The normalized spacial score (nSPS) is 21.4. The first kappa shape index (κ1) is 17.0. The smallest absolute Gasteiger partial charge is 0.223 e. The van der Waals surface area contributed by atoms with Crippen molar-refractivity contribution in [2.24, 2.45) is 5.92 Å². The number of hydrogen-bond acceptors (Lipinski definition) is 2. The highest BCUT2D eigenvalue weighted by Gasteiger charge is 2.34. The highest BCUT2D eigenvalue weighted by molar-refractivity contribution is 6.30. The van der Waals surface area contributed by atoms with Crippen LogP contribution in [0.2, 0.25) is 5.02 Å². The molecule has 0 aliphatic carbocycles. The molecule has 0 spiro atoms. The van der Waals surface area contributed by atoms with Crippen molar-refractivity contribution in [3.8, 4) is 0 Å². The summed E-state index contributed by atoms with van der Waals surface area (Å²) < 4.78 is 0. The molecule has 0 bridgehead atoms. The fourth-order valence-corrected chi connectivity index (χ4v) is 3.68. The lowest BCUT2D eigenvalue weighted by molar-refractivity contribution is -0.126. The third-order valence-electron chi connectivity index (χ3n) is 4.83. The van der Waals surface area contributed by atoms with E-state index in [1.165, 1.54) is 11.1 Å². The number of carbonyl (C=O) groups is 1. The molecule has 1 aliphatic heterocycles. The van der Waals surface area contributed by atoms with E-state index in [1.54, 1.807) is 7.05 Å². The number of nitrogens with zero attached hydrogens (tertiary/aromatic N) is 1. The number of hydrogen-bond donors (Lipinski definition) is 1. The molecule has 0 aromatic heterocycles. The van der Waals surface area contributed by atoms with Crippen LogP contribution in [0.25, 0.3) is 0 Å². The molecule has 1 amide bonds. The van der Waals surface area contributed by atoms with Crippen molar-refractivity contribution >= 4 is 17.5 Å². The summed E-state index contributed by atoms with van der Waals surface area (Å²) in [5.41, 5.74) is 2.50. The van der Waals surface area contributed by atoms with Crippen LogP contribution in [-0.2, 0) is 11.3 Å². The number of nitrogens with one attached hydrogen (secondary N) is 1. The second-order valence-electron chi connectivity index (χ2n) is 6.39. The minimum atomic E-state index is 0.0169. The number of rotatable bonds is 4. The molecule has 2 atom stereocenters. The van der Waals surface area contributed by atoms with E-state index in [1.807, 2.05) is 18.2 Å². The predicted octanol–water partition coefficient (Wildman–Crippen LogP) is 3.69. The van der Waals surface area contributed by atoms with Crippen molar-refractivity contribution in [3.63, 3.8) is 0 Å². The van der Waals surface area contributed by atoms with Gasteiger partial charge in [-0.15, -0.1) is 0 Å². The average molecular weight is 343 g/mol. The molecule has 0 radical (unpaired) electrons. The Morgan fingerprint density at radius 2 is 1.88 bits per heavy atom. The van der Waals surface area contributed by atoms with Crippen LogP contribution in [-0.4, -0.2) is 30.9 Å². The van der Waals surface area contributed by atoms with Crippen LogP contribution < -0.4 is 5.32 Å². The third kappa shape index (κ3) is 3.97. The Hall–Kier alpha value is -1.84. The fourth-order valence-electron chi connectivity index (χ4n) is 3.55. The lowest BCUT2D eigenvalue weighted by atomic mass is 9.80. The Kier molecular flexibility index (Phi) is 5.54. The Morgan fingerprint density at radius 3 is 2.54 bits per heavy atom. The van der Waals surface area contributed by atoms with Gasteiger partial charge in [-0.2, -0.15) is 0 Å². The molecule has 1 fully saturated rings. The molecule has 3 rings (SSSR count). The minimum Gasteiger partial charge on any atom is -0.359 e. The lowest BCUT2D eigenvalue weighted by Gasteiger charge is -2.38. The highest BCUT2D eigenvalue weighted by atomic mass is 35.5. The second kappa shape index (κ2) is 7.82. The molecule has 1 N–H and O–H groups in total. The first-order chi connectivity index (χ1) is 11.7. The van der Waals surface area contributed by atoms with E-state index < -0.39 is 0 Å². The van der Waals surface area contributed by atoms with Crippen LogP contribution in [0.15, 0.2) is 54.6 Å². The van der Waals surface area contributed by atoms with E-state index in [9.17, 15) is 4.79 Å². The summed E-state index contributed by atoms with van der Waals surface area (Å²) in [6.45, 7) is 2.75. The van der Waals surface area contributed by atoms with Gasteiger partial charge in [0.05, 0.1) is 0 Å². The topological polar surface area (TPSA) is 32.3 Å². The highest BCUT2D eigenvalue weighted by Crippen LogP contribution is 2.33. The molecule has 1 heterocycles. The van der Waals surface area contributed by atoms with Crippen LogP contribution in [0.5, 0.6) is 0 Å². The van der Waals surface area contributed by atoms with E-state index in [0.717, 1.165) is 31.1 Å². The molecular formula is C20H23ClN2O. The summed E-state index contributed by atoms with van der Waals surface area (Å²) >= 11 is 6.02. The van der Waals surface area contributed by atoms with Crippen LogP contribution in [0.4, 0.5) is 0 Å². The first-order valence-electron chi connectivity index (χ1n) is 8.40. The van der Waals surface area contributed by atoms with E-state index in [2.05, 4.69) is 46.6 Å². The SMILES string of the molecule is CNC(=O)C1CCN(Cc2ccccc2)CC1c1ccc(Cl)cc1. The molecule has 126 valence electrons. The van der Waals surface area contributed by atoms with Crippen molar-refractivity contribution in [1.29, 1.82) is 0 Å². The monoisotopic (exact) mass is 342 g/mol. The van der Waals surface area contributed by atoms with E-state index in [-0.39, 0.29) is 17.7 Å². The first-order valence-corrected chi connectivity index (χ1v) is 8.78. The largest absolute Gasteiger partial charge is 0.359 e. The van der Waals surface area contributed by atoms with E-state index in [4.69, 9.17) is 11.6 Å². The van der Waals surface area contributed by atoms with Gasteiger partial charge in [-0.1, -0.05) is 54.1 Å². The minimum absolute atomic E-state index is 0.0169. The van der Waals surface area contributed by atoms with Crippen molar-refractivity contribution in [2.45, 2.75) is 18.9 Å². The van der Waals surface area contributed by atoms with Crippen molar-refractivity contribution in [2.75, 3.05) is 20.1 Å². The van der Waals surface area contributed by atoms with E-state index in [0.29, 0.717) is 0 Å². The standard InChI is InChI=1S/C20H23ClN2O/c1-22-20(24)18-11-12-23(13-15-5-3-2-4-6-15)14-19(18)16-7-9-17(21)10-8-16/h2-10,18-19H,11-14H2,1H3,(H,22,24). The quantitative estimate of drug-likeness (QED) is 0.919. The molecule has 2 aromatic rings. The number of piperidine rings is 1. The molecule has 2 aromatic carbocycles. The molecule has 2 unspecified atom stereocenters. The summed E-state index contributed by atoms with van der Waals surface area (Å²) in [6, 6.07) is 18.4. The fraction of sp³-hybridized carbons (Fsp3) is 0.350. The summed E-state index contributed by atoms with van der Waals surface area (Å²) in [7, 11) is 1.72. The van der Waals surface area contributed by atoms with Crippen molar-refractivity contribution in [3.05, 3.63) is 70.7 Å². The number of carbonyl (C=O) groups excluding carboxylic acids is 1. The van der Waals surface area contributed by atoms with Gasteiger partial charge in [-0.05, 0) is 36.2 Å². The predicted molar refractivity (Wildman–Crippen MR) is 98.1 cm³/mol. The van der Waals surface area contributed by atoms with Gasteiger partial charge in [0.15, 0.2) is 0 Å². The van der Waals surface area contributed by atoms with Crippen molar-refractivity contribution in [1.82, 2.24) is 10.2 Å². The zero-order chi connectivity index (χ0) is 16.9. The van der Waals surface area contributed by atoms with Crippen LogP contribution >= 0.6 is 11.6 Å². The Labute approximate surface area is 148 Å². The van der Waals surface area contributed by atoms with Gasteiger partial charge in [0.2, 0.25) is 5.91 Å². The van der Waals surface area contributed by atoms with Gasteiger partial charge in [-0.25, -0.2) is 0 Å². The van der Waals surface area contributed by atoms with Gasteiger partial charge >= 0.3 is 0 Å². The maximum atomic E-state index is 12.3. The van der Waals surface area contributed by atoms with Gasteiger partial charge in [0, 0.05) is 37.0 Å². The second-order valence-corrected chi connectivity index (χ2v) is 6.82. The zero-order valence-corrected chi connectivity index (χ0v) is 14.7. The van der Waals surface area contributed by atoms with Crippen LogP contribution in [0, 0.1) is 5.92 Å². The summed E-state index contributed by atoms with van der Waals surface area (Å²) in [5, 5.41) is 3.56. The summed E-state index contributed by atoms with van der Waals surface area (Å²) in [4.78, 5) is 14.8. The number of amides is 1. The Bertz CT molecular complexity index is 672. The summed E-state index contributed by atoms with van der Waals surface area (Å²) in [6.07, 6.45) is 0.875. The molecule has 0 saturated carbocycles. The number of likely N-dealkylation sites (tertiary alicyclic amines) is 1. The maximum Gasteiger partial charge on any atom is 0.223 e. The van der Waals surface area contributed by atoms with Crippen LogP contribution in [0.3, 0.4) is 0 Å². The molecule has 1 saturated heterocycles. The molecule has 24 heavy (non-hydrogen) atoms. The van der Waals surface area contributed by atoms with Gasteiger partial charge in [0.1, 0.15) is 0 Å². The Morgan fingerprint density at radius 1 is 1.17 bits per heavy atom. The number of benzene rings is 2. The van der Waals surface area contributed by atoms with Gasteiger partial charge < -0.3 is 5.32 Å². The van der Waals surface area contributed by atoms with E-state index >= 15 is 0 Å². The zero-order valence-electron chi connectivity index (χ0n) is 13.9. The summed E-state index contributed by atoms with van der Waals surface area (Å²) in [5.74, 6) is 0.345. The molecule has 4 heteroatoms. The maximum absolute atomic E-state index is 12.3. The molecular weight excluding hydrogens is 320 g/mol. The number of halogens is 1. The average Bonchev–Trinajstić information content (AvgIpc) is 2.62. The van der Waals surface area contributed by atoms with Crippen LogP contribution in [0.1, 0.15) is 23.5 Å². The third-order valence-corrected chi connectivity index (χ3v) is 5.08. The van der Waals surface area contributed by atoms with Crippen molar-refractivity contribution < 1.29 is 4.79 Å². The lowest BCUT2D eigenvalue weighted by Crippen LogP contribution is -2.44. The van der Waals surface area contributed by atoms with Gasteiger partial charge in [-0.3, -0.25) is 9.69 Å². The molecule has 1 aliphatic rings. The van der Waals surface area contributed by atoms with Gasteiger partial charge in [0.25, 0.3) is 0 Å².